The number of rotatable bonds is 6. The average molecular weight is 441 g/mol. The second-order valence-electron chi connectivity index (χ2n) is 7.04. The Morgan fingerprint density at radius 2 is 1.63 bits per heavy atom. The van der Waals surface area contributed by atoms with E-state index in [2.05, 4.69) is 5.32 Å². The molecule has 2 aromatic rings. The highest BCUT2D eigenvalue weighted by Gasteiger charge is 2.31. The first-order valence-electron chi connectivity index (χ1n) is 9.35. The SMILES string of the molecule is O=C(CN1CCN(S(=O)(=O)Cc2ccccc2)CC1)Nc1cccc(C(F)(F)F)c1. The molecular formula is C20H22F3N3O3S. The fourth-order valence-corrected chi connectivity index (χ4v) is 4.73. The number of nitrogens with zero attached hydrogens (tertiary/aromatic N) is 2. The Hall–Kier alpha value is -2.43. The summed E-state index contributed by atoms with van der Waals surface area (Å²) in [6.45, 7) is 1.22. The van der Waals surface area contributed by atoms with Crippen molar-refractivity contribution in [2.45, 2.75) is 11.9 Å². The summed E-state index contributed by atoms with van der Waals surface area (Å²) < 4.78 is 64.9. The number of carbonyl (C=O) groups is 1. The fourth-order valence-electron chi connectivity index (χ4n) is 3.22. The molecule has 0 aromatic heterocycles. The van der Waals surface area contributed by atoms with Crippen molar-refractivity contribution in [2.75, 3.05) is 38.0 Å². The molecule has 1 heterocycles. The average Bonchev–Trinajstić information content (AvgIpc) is 2.68. The topological polar surface area (TPSA) is 69.7 Å². The van der Waals surface area contributed by atoms with Gasteiger partial charge in [-0.2, -0.15) is 17.5 Å². The van der Waals surface area contributed by atoms with E-state index in [9.17, 15) is 26.4 Å². The maximum atomic E-state index is 12.8. The van der Waals surface area contributed by atoms with E-state index in [0.717, 1.165) is 12.1 Å². The third kappa shape index (κ3) is 6.04. The minimum absolute atomic E-state index is 0.0250. The van der Waals surface area contributed by atoms with Gasteiger partial charge >= 0.3 is 6.18 Å². The van der Waals surface area contributed by atoms with Crippen LogP contribution in [-0.2, 0) is 26.7 Å². The second-order valence-corrected chi connectivity index (χ2v) is 9.01. The van der Waals surface area contributed by atoms with E-state index in [1.807, 2.05) is 6.07 Å². The Labute approximate surface area is 173 Å². The highest BCUT2D eigenvalue weighted by Crippen LogP contribution is 2.30. The molecule has 1 aliphatic heterocycles. The van der Waals surface area contributed by atoms with Crippen LogP contribution in [0.15, 0.2) is 54.6 Å². The minimum Gasteiger partial charge on any atom is -0.325 e. The first-order valence-corrected chi connectivity index (χ1v) is 11.0. The van der Waals surface area contributed by atoms with Gasteiger partial charge in [-0.05, 0) is 23.8 Å². The van der Waals surface area contributed by atoms with Crippen LogP contribution in [0, 0.1) is 0 Å². The van der Waals surface area contributed by atoms with Gasteiger partial charge in [0.2, 0.25) is 15.9 Å². The molecule has 0 saturated carbocycles. The highest BCUT2D eigenvalue weighted by atomic mass is 32.2. The summed E-state index contributed by atoms with van der Waals surface area (Å²) in [5, 5.41) is 2.46. The Bertz CT molecular complexity index is 974. The van der Waals surface area contributed by atoms with Crippen molar-refractivity contribution in [1.29, 1.82) is 0 Å². The van der Waals surface area contributed by atoms with E-state index in [1.165, 1.54) is 16.4 Å². The zero-order valence-corrected chi connectivity index (χ0v) is 16.9. The highest BCUT2D eigenvalue weighted by molar-refractivity contribution is 7.88. The lowest BCUT2D eigenvalue weighted by atomic mass is 10.2. The summed E-state index contributed by atoms with van der Waals surface area (Å²) in [4.78, 5) is 14.0. The molecule has 0 aliphatic carbocycles. The number of carbonyl (C=O) groups excluding carboxylic acids is 1. The summed E-state index contributed by atoms with van der Waals surface area (Å²) in [6.07, 6.45) is -4.48. The molecule has 0 atom stereocenters. The van der Waals surface area contributed by atoms with Crippen LogP contribution in [0.3, 0.4) is 0 Å². The molecule has 10 heteroatoms. The fraction of sp³-hybridized carbons (Fsp3) is 0.350. The molecule has 2 aromatic carbocycles. The molecule has 1 fully saturated rings. The first-order chi connectivity index (χ1) is 14.1. The summed E-state index contributed by atoms with van der Waals surface area (Å²) in [5.74, 6) is -0.529. The maximum absolute atomic E-state index is 12.8. The second kappa shape index (κ2) is 9.15. The molecule has 1 saturated heterocycles. The van der Waals surface area contributed by atoms with Gasteiger partial charge in [0.05, 0.1) is 17.9 Å². The molecule has 162 valence electrons. The lowest BCUT2D eigenvalue weighted by molar-refractivity contribution is -0.137. The minimum atomic E-state index is -4.48. The van der Waals surface area contributed by atoms with Crippen LogP contribution in [0.5, 0.6) is 0 Å². The van der Waals surface area contributed by atoms with Crippen molar-refractivity contribution in [3.63, 3.8) is 0 Å². The lowest BCUT2D eigenvalue weighted by Gasteiger charge is -2.33. The van der Waals surface area contributed by atoms with Gasteiger partial charge in [0.25, 0.3) is 0 Å². The lowest BCUT2D eigenvalue weighted by Crippen LogP contribution is -2.50. The summed E-state index contributed by atoms with van der Waals surface area (Å²) in [5.41, 5.74) is -0.0585. The van der Waals surface area contributed by atoms with Crippen LogP contribution in [0.4, 0.5) is 18.9 Å². The molecule has 30 heavy (non-hydrogen) atoms. The van der Waals surface area contributed by atoms with Gasteiger partial charge in [0, 0.05) is 31.9 Å². The number of anilines is 1. The Balaban J connectivity index is 1.50. The van der Waals surface area contributed by atoms with Gasteiger partial charge in [0.1, 0.15) is 0 Å². The van der Waals surface area contributed by atoms with E-state index < -0.39 is 27.7 Å². The van der Waals surface area contributed by atoms with Crippen LogP contribution in [0.1, 0.15) is 11.1 Å². The Kier molecular flexibility index (Phi) is 6.79. The molecule has 3 rings (SSSR count). The van der Waals surface area contributed by atoms with Crippen molar-refractivity contribution in [3.05, 3.63) is 65.7 Å². The largest absolute Gasteiger partial charge is 0.416 e. The van der Waals surface area contributed by atoms with Crippen molar-refractivity contribution >= 4 is 21.6 Å². The quantitative estimate of drug-likeness (QED) is 0.749. The van der Waals surface area contributed by atoms with Crippen molar-refractivity contribution < 1.29 is 26.4 Å². The number of benzene rings is 2. The van der Waals surface area contributed by atoms with Crippen molar-refractivity contribution in [1.82, 2.24) is 9.21 Å². The van der Waals surface area contributed by atoms with Crippen molar-refractivity contribution in [2.24, 2.45) is 0 Å². The molecule has 0 unspecified atom stereocenters. The Morgan fingerprint density at radius 3 is 2.27 bits per heavy atom. The predicted molar refractivity (Wildman–Crippen MR) is 107 cm³/mol. The number of amides is 1. The predicted octanol–water partition coefficient (Wildman–Crippen LogP) is 2.79. The normalized spacial score (nSPS) is 16.4. The van der Waals surface area contributed by atoms with E-state index in [0.29, 0.717) is 18.7 Å². The summed E-state index contributed by atoms with van der Waals surface area (Å²) in [7, 11) is -3.46. The molecule has 0 bridgehead atoms. The number of hydrogen-bond donors (Lipinski definition) is 1. The molecule has 1 amide bonds. The number of alkyl halides is 3. The van der Waals surface area contributed by atoms with Gasteiger partial charge in [-0.3, -0.25) is 9.69 Å². The van der Waals surface area contributed by atoms with Crippen LogP contribution in [0.2, 0.25) is 0 Å². The van der Waals surface area contributed by atoms with Gasteiger partial charge in [-0.1, -0.05) is 36.4 Å². The smallest absolute Gasteiger partial charge is 0.325 e. The standard InChI is InChI=1S/C20H22F3N3O3S/c21-20(22,23)17-7-4-8-18(13-17)24-19(27)14-25-9-11-26(12-10-25)30(28,29)15-16-5-2-1-3-6-16/h1-8,13H,9-12,14-15H2,(H,24,27). The van der Waals surface area contributed by atoms with Gasteiger partial charge in [-0.15, -0.1) is 0 Å². The van der Waals surface area contributed by atoms with Gasteiger partial charge < -0.3 is 5.32 Å². The van der Waals surface area contributed by atoms with Crippen LogP contribution >= 0.6 is 0 Å². The molecule has 1 aliphatic rings. The zero-order valence-electron chi connectivity index (χ0n) is 16.1. The molecule has 6 nitrogen and oxygen atoms in total. The number of piperazine rings is 1. The number of nitrogens with one attached hydrogen (secondary N) is 1. The summed E-state index contributed by atoms with van der Waals surface area (Å²) in [6, 6.07) is 13.3. The van der Waals surface area contributed by atoms with E-state index in [-0.39, 0.29) is 31.1 Å². The number of halogens is 3. The van der Waals surface area contributed by atoms with Crippen LogP contribution < -0.4 is 5.32 Å². The van der Waals surface area contributed by atoms with E-state index >= 15 is 0 Å². The van der Waals surface area contributed by atoms with E-state index in [1.54, 1.807) is 29.2 Å². The monoisotopic (exact) mass is 441 g/mol. The van der Waals surface area contributed by atoms with Gasteiger partial charge in [-0.25, -0.2) is 8.42 Å². The molecule has 0 spiro atoms. The first kappa shape index (κ1) is 22.3. The van der Waals surface area contributed by atoms with Crippen molar-refractivity contribution in [3.8, 4) is 0 Å². The Morgan fingerprint density at radius 1 is 0.967 bits per heavy atom. The number of hydrogen-bond acceptors (Lipinski definition) is 4. The maximum Gasteiger partial charge on any atom is 0.416 e. The van der Waals surface area contributed by atoms with Gasteiger partial charge in [0.15, 0.2) is 0 Å². The zero-order chi connectivity index (χ0) is 21.8. The summed E-state index contributed by atoms with van der Waals surface area (Å²) >= 11 is 0. The number of sulfonamides is 1. The van der Waals surface area contributed by atoms with E-state index in [4.69, 9.17) is 0 Å². The molecule has 1 N–H and O–H groups in total. The molecular weight excluding hydrogens is 419 g/mol. The third-order valence-corrected chi connectivity index (χ3v) is 6.61. The van der Waals surface area contributed by atoms with Crippen LogP contribution in [-0.4, -0.2) is 56.3 Å². The molecule has 0 radical (unpaired) electrons. The third-order valence-electron chi connectivity index (χ3n) is 4.76. The van der Waals surface area contributed by atoms with Crippen LogP contribution in [0.25, 0.3) is 0 Å².